The number of piperidine rings is 2. The van der Waals surface area contributed by atoms with E-state index in [1.807, 2.05) is 12.1 Å². The first-order valence-corrected chi connectivity index (χ1v) is 9.89. The van der Waals surface area contributed by atoms with Crippen LogP contribution in [0.5, 0.6) is 0 Å². The van der Waals surface area contributed by atoms with Crippen LogP contribution in [0.4, 0.5) is 8.78 Å². The number of nitrogens with zero attached hydrogens (tertiary/aromatic N) is 2. The lowest BCUT2D eigenvalue weighted by atomic mass is 9.90. The summed E-state index contributed by atoms with van der Waals surface area (Å²) in [5, 5.41) is 11.0. The van der Waals surface area contributed by atoms with Gasteiger partial charge in [-0.1, -0.05) is 38.1 Å². The number of alkyl halides is 2. The molecule has 0 radical (unpaired) electrons. The van der Waals surface area contributed by atoms with Gasteiger partial charge in [-0.3, -0.25) is 9.69 Å². The number of hydrogen-bond donors (Lipinski definition) is 1. The Morgan fingerprint density at radius 2 is 1.70 bits per heavy atom. The molecule has 27 heavy (non-hydrogen) atoms. The molecule has 1 N–H and O–H groups in total. The molecule has 2 aliphatic rings. The molecular formula is C21H30F2N2O2. The average Bonchev–Trinajstić information content (AvgIpc) is 2.61. The highest BCUT2D eigenvalue weighted by Gasteiger charge is 2.45. The number of rotatable bonds is 5. The molecule has 1 aromatic rings. The van der Waals surface area contributed by atoms with Gasteiger partial charge in [-0.25, -0.2) is 8.78 Å². The van der Waals surface area contributed by atoms with E-state index < -0.39 is 11.5 Å². The fraction of sp³-hybridized carbons (Fsp3) is 0.667. The van der Waals surface area contributed by atoms with Crippen LogP contribution in [0.2, 0.25) is 0 Å². The second kappa shape index (κ2) is 7.84. The molecule has 2 aliphatic heterocycles. The van der Waals surface area contributed by atoms with Crippen molar-refractivity contribution in [2.24, 2.45) is 0 Å². The first kappa shape index (κ1) is 20.2. The second-order valence-electron chi connectivity index (χ2n) is 8.39. The lowest BCUT2D eigenvalue weighted by molar-refractivity contribution is -0.162. The van der Waals surface area contributed by atoms with Crippen molar-refractivity contribution in [1.82, 2.24) is 9.80 Å². The molecule has 3 rings (SSSR count). The van der Waals surface area contributed by atoms with Crippen molar-refractivity contribution in [2.45, 2.75) is 63.5 Å². The Morgan fingerprint density at radius 1 is 1.07 bits per heavy atom. The minimum Gasteiger partial charge on any atom is -0.379 e. The minimum atomic E-state index is -2.62. The zero-order valence-corrected chi connectivity index (χ0v) is 16.3. The monoisotopic (exact) mass is 380 g/mol. The van der Waals surface area contributed by atoms with Crippen molar-refractivity contribution in [3.8, 4) is 0 Å². The zero-order valence-electron chi connectivity index (χ0n) is 16.3. The maximum Gasteiger partial charge on any atom is 0.256 e. The second-order valence-corrected chi connectivity index (χ2v) is 8.39. The van der Waals surface area contributed by atoms with E-state index in [9.17, 15) is 18.7 Å². The van der Waals surface area contributed by atoms with Crippen LogP contribution in [0.1, 0.15) is 56.6 Å². The SMILES string of the molecule is CC(C)c1ccc(CN2CCC[C@@](O)(CN3CCC(F)(F)CC3)C2=O)cc1. The van der Waals surface area contributed by atoms with E-state index in [-0.39, 0.29) is 38.4 Å². The molecule has 6 heteroatoms. The van der Waals surface area contributed by atoms with E-state index >= 15 is 0 Å². The van der Waals surface area contributed by atoms with Crippen molar-refractivity contribution >= 4 is 5.91 Å². The lowest BCUT2D eigenvalue weighted by Gasteiger charge is -2.42. The van der Waals surface area contributed by atoms with Crippen molar-refractivity contribution in [3.63, 3.8) is 0 Å². The molecule has 1 aromatic carbocycles. The summed E-state index contributed by atoms with van der Waals surface area (Å²) in [5.41, 5.74) is 0.819. The van der Waals surface area contributed by atoms with E-state index in [2.05, 4.69) is 26.0 Å². The molecule has 0 saturated carbocycles. The molecular weight excluding hydrogens is 350 g/mol. The van der Waals surface area contributed by atoms with Crippen molar-refractivity contribution in [1.29, 1.82) is 0 Å². The third-order valence-corrected chi connectivity index (χ3v) is 5.80. The summed E-state index contributed by atoms with van der Waals surface area (Å²) in [6, 6.07) is 8.22. The minimum absolute atomic E-state index is 0.144. The number of benzene rings is 1. The quantitative estimate of drug-likeness (QED) is 0.852. The number of carbonyl (C=O) groups excluding carboxylic acids is 1. The molecule has 2 fully saturated rings. The number of amides is 1. The van der Waals surface area contributed by atoms with Gasteiger partial charge in [0, 0.05) is 45.6 Å². The highest BCUT2D eigenvalue weighted by Crippen LogP contribution is 2.31. The molecule has 4 nitrogen and oxygen atoms in total. The zero-order chi connectivity index (χ0) is 19.7. The van der Waals surface area contributed by atoms with Gasteiger partial charge in [-0.15, -0.1) is 0 Å². The van der Waals surface area contributed by atoms with Crippen molar-refractivity contribution in [2.75, 3.05) is 26.2 Å². The van der Waals surface area contributed by atoms with Crippen LogP contribution in [-0.2, 0) is 11.3 Å². The smallest absolute Gasteiger partial charge is 0.256 e. The summed E-state index contributed by atoms with van der Waals surface area (Å²) in [6.07, 6.45) is 0.699. The summed E-state index contributed by atoms with van der Waals surface area (Å²) in [6.45, 7) is 5.95. The van der Waals surface area contributed by atoms with Gasteiger partial charge in [-0.05, 0) is 29.9 Å². The molecule has 2 heterocycles. The summed E-state index contributed by atoms with van der Waals surface area (Å²) in [5.74, 6) is -2.44. The van der Waals surface area contributed by atoms with Gasteiger partial charge in [0.1, 0.15) is 0 Å². The van der Waals surface area contributed by atoms with E-state index in [1.54, 1.807) is 9.80 Å². The summed E-state index contributed by atoms with van der Waals surface area (Å²) < 4.78 is 26.7. The van der Waals surface area contributed by atoms with Gasteiger partial charge in [-0.2, -0.15) is 0 Å². The number of likely N-dealkylation sites (tertiary alicyclic amines) is 2. The Labute approximate surface area is 160 Å². The Balaban J connectivity index is 1.62. The van der Waals surface area contributed by atoms with E-state index in [0.29, 0.717) is 25.4 Å². The molecule has 0 bridgehead atoms. The van der Waals surface area contributed by atoms with Gasteiger partial charge < -0.3 is 10.0 Å². The Morgan fingerprint density at radius 3 is 2.30 bits per heavy atom. The van der Waals surface area contributed by atoms with E-state index in [0.717, 1.165) is 12.0 Å². The number of β-amino-alcohol motifs (C(OH)–C–C–N with tert-alkyl or cyclic N) is 1. The van der Waals surface area contributed by atoms with Gasteiger partial charge in [0.05, 0.1) is 0 Å². The number of halogens is 2. The van der Waals surface area contributed by atoms with Crippen LogP contribution < -0.4 is 0 Å². The highest BCUT2D eigenvalue weighted by molar-refractivity contribution is 5.86. The molecule has 2 saturated heterocycles. The van der Waals surface area contributed by atoms with E-state index in [1.165, 1.54) is 5.56 Å². The summed E-state index contributed by atoms with van der Waals surface area (Å²) >= 11 is 0. The third kappa shape index (κ3) is 4.85. The highest BCUT2D eigenvalue weighted by atomic mass is 19.3. The first-order valence-electron chi connectivity index (χ1n) is 9.89. The predicted molar refractivity (Wildman–Crippen MR) is 101 cm³/mol. The van der Waals surface area contributed by atoms with Gasteiger partial charge in [0.2, 0.25) is 0 Å². The fourth-order valence-corrected chi connectivity index (χ4v) is 4.00. The normalized spacial score (nSPS) is 26.6. The van der Waals surface area contributed by atoms with Gasteiger partial charge in [0.15, 0.2) is 5.60 Å². The molecule has 0 aromatic heterocycles. The standard InChI is InChI=1S/C21H30F2N2O2/c1-16(2)18-6-4-17(5-7-18)14-25-11-3-8-20(27,19(25)26)15-24-12-9-21(22,23)10-13-24/h4-7,16,27H,3,8-15H2,1-2H3/t20-/m1/s1. The molecule has 0 unspecified atom stereocenters. The summed E-state index contributed by atoms with van der Waals surface area (Å²) in [7, 11) is 0. The fourth-order valence-electron chi connectivity index (χ4n) is 4.00. The maximum atomic E-state index is 13.3. The topological polar surface area (TPSA) is 43.8 Å². The summed E-state index contributed by atoms with van der Waals surface area (Å²) in [4.78, 5) is 16.4. The van der Waals surface area contributed by atoms with Gasteiger partial charge >= 0.3 is 0 Å². The number of carbonyl (C=O) groups is 1. The van der Waals surface area contributed by atoms with Crippen LogP contribution in [-0.4, -0.2) is 58.5 Å². The number of aliphatic hydroxyl groups is 1. The third-order valence-electron chi connectivity index (χ3n) is 5.80. The maximum absolute atomic E-state index is 13.3. The Bertz CT molecular complexity index is 653. The molecule has 0 spiro atoms. The Hall–Kier alpha value is -1.53. The predicted octanol–water partition coefficient (Wildman–Crippen LogP) is 3.39. The van der Waals surface area contributed by atoms with Crippen LogP contribution in [0.15, 0.2) is 24.3 Å². The average molecular weight is 380 g/mol. The van der Waals surface area contributed by atoms with Crippen molar-refractivity contribution in [3.05, 3.63) is 35.4 Å². The molecule has 1 atom stereocenters. The van der Waals surface area contributed by atoms with Gasteiger partial charge in [0.25, 0.3) is 11.8 Å². The number of hydrogen-bond acceptors (Lipinski definition) is 3. The van der Waals surface area contributed by atoms with Crippen LogP contribution in [0, 0.1) is 0 Å². The molecule has 150 valence electrons. The van der Waals surface area contributed by atoms with Crippen molar-refractivity contribution < 1.29 is 18.7 Å². The van der Waals surface area contributed by atoms with Crippen LogP contribution in [0.25, 0.3) is 0 Å². The Kier molecular flexibility index (Phi) is 5.87. The molecule has 0 aliphatic carbocycles. The molecule has 1 amide bonds. The van der Waals surface area contributed by atoms with Crippen LogP contribution in [0.3, 0.4) is 0 Å². The van der Waals surface area contributed by atoms with Crippen LogP contribution >= 0.6 is 0 Å². The van der Waals surface area contributed by atoms with E-state index in [4.69, 9.17) is 0 Å². The first-order chi connectivity index (χ1) is 12.7. The lowest BCUT2D eigenvalue weighted by Crippen LogP contribution is -2.59. The largest absolute Gasteiger partial charge is 0.379 e.